The molecule has 1 aromatic carbocycles. The Bertz CT molecular complexity index is 890. The second-order valence-electron chi connectivity index (χ2n) is 7.01. The van der Waals surface area contributed by atoms with E-state index in [0.717, 1.165) is 19.3 Å². The Morgan fingerprint density at radius 1 is 1.26 bits per heavy atom. The summed E-state index contributed by atoms with van der Waals surface area (Å²) in [7, 11) is 0. The van der Waals surface area contributed by atoms with Crippen LogP contribution >= 0.6 is 11.3 Å². The minimum Gasteiger partial charge on any atom is -0.454 e. The van der Waals surface area contributed by atoms with Gasteiger partial charge in [-0.2, -0.15) is 0 Å². The van der Waals surface area contributed by atoms with Crippen molar-refractivity contribution in [2.45, 2.75) is 39.2 Å². The number of rotatable bonds is 4. The first-order chi connectivity index (χ1) is 13.0. The van der Waals surface area contributed by atoms with Crippen molar-refractivity contribution in [3.05, 3.63) is 39.6 Å². The topological polar surface area (TPSA) is 73.9 Å². The van der Waals surface area contributed by atoms with E-state index in [9.17, 15) is 9.59 Å². The summed E-state index contributed by atoms with van der Waals surface area (Å²) in [5.74, 6) is 1.02. The van der Waals surface area contributed by atoms with Crippen LogP contribution < -0.4 is 14.8 Å². The highest BCUT2D eigenvalue weighted by Crippen LogP contribution is 2.34. The lowest BCUT2D eigenvalue weighted by molar-refractivity contribution is -0.123. The fourth-order valence-electron chi connectivity index (χ4n) is 3.30. The largest absolute Gasteiger partial charge is 0.454 e. The number of fused-ring (bicyclic) bond motifs is 2. The lowest BCUT2D eigenvalue weighted by atomic mass is 9.90. The number of thiophene rings is 1. The van der Waals surface area contributed by atoms with Gasteiger partial charge < -0.3 is 19.5 Å². The van der Waals surface area contributed by atoms with E-state index in [-0.39, 0.29) is 6.79 Å². The molecule has 1 amide bonds. The minimum atomic E-state index is -0.902. The summed E-state index contributed by atoms with van der Waals surface area (Å²) < 4.78 is 15.9. The van der Waals surface area contributed by atoms with E-state index >= 15 is 0 Å². The van der Waals surface area contributed by atoms with E-state index in [0.29, 0.717) is 28.0 Å². The number of esters is 1. The van der Waals surface area contributed by atoms with Crippen molar-refractivity contribution < 1.29 is 23.8 Å². The van der Waals surface area contributed by atoms with E-state index in [1.54, 1.807) is 25.1 Å². The van der Waals surface area contributed by atoms with Gasteiger partial charge in [-0.1, -0.05) is 6.92 Å². The number of hydrogen-bond donors (Lipinski definition) is 1. The normalized spacial score (nSPS) is 18.5. The molecule has 0 fully saturated rings. The van der Waals surface area contributed by atoms with Crippen LogP contribution in [0.15, 0.2) is 24.3 Å². The predicted octanol–water partition coefficient (Wildman–Crippen LogP) is 3.79. The third kappa shape index (κ3) is 3.78. The number of carbonyl (C=O) groups excluding carboxylic acids is 2. The summed E-state index contributed by atoms with van der Waals surface area (Å²) in [5, 5.41) is 2.73. The van der Waals surface area contributed by atoms with E-state index in [4.69, 9.17) is 14.2 Å². The molecule has 1 N–H and O–H groups in total. The third-order valence-corrected chi connectivity index (χ3v) is 6.04. The Morgan fingerprint density at radius 3 is 2.93 bits per heavy atom. The van der Waals surface area contributed by atoms with Crippen molar-refractivity contribution in [2.24, 2.45) is 5.92 Å². The van der Waals surface area contributed by atoms with Gasteiger partial charge in [0.15, 0.2) is 17.6 Å². The van der Waals surface area contributed by atoms with Crippen LogP contribution in [0.25, 0.3) is 0 Å². The van der Waals surface area contributed by atoms with Crippen LogP contribution in [0.2, 0.25) is 0 Å². The number of carbonyl (C=O) groups is 2. The molecule has 0 spiro atoms. The standard InChI is InChI=1S/C20H21NO5S/c1-11-3-6-17-13(7-11)8-18(27-17)20(23)26-12(2)19(22)21-14-4-5-15-16(9-14)25-10-24-15/h4-5,8-9,11-12H,3,6-7,10H2,1-2H3,(H,21,22)/t11-,12+/m1/s1. The highest BCUT2D eigenvalue weighted by molar-refractivity contribution is 7.14. The molecule has 2 atom stereocenters. The number of amides is 1. The van der Waals surface area contributed by atoms with Crippen molar-refractivity contribution >= 4 is 28.9 Å². The Morgan fingerprint density at radius 2 is 2.07 bits per heavy atom. The smallest absolute Gasteiger partial charge is 0.349 e. The van der Waals surface area contributed by atoms with Crippen LogP contribution in [-0.2, 0) is 22.4 Å². The zero-order valence-electron chi connectivity index (χ0n) is 15.2. The number of anilines is 1. The molecule has 1 aromatic heterocycles. The zero-order valence-corrected chi connectivity index (χ0v) is 16.1. The Hall–Kier alpha value is -2.54. The molecule has 0 bridgehead atoms. The van der Waals surface area contributed by atoms with Crippen LogP contribution in [0.3, 0.4) is 0 Å². The van der Waals surface area contributed by atoms with Gasteiger partial charge in [0.25, 0.3) is 5.91 Å². The molecule has 1 aliphatic heterocycles. The monoisotopic (exact) mass is 387 g/mol. The maximum absolute atomic E-state index is 12.4. The highest BCUT2D eigenvalue weighted by atomic mass is 32.1. The first kappa shape index (κ1) is 17.9. The molecule has 0 unspecified atom stereocenters. The van der Waals surface area contributed by atoms with Gasteiger partial charge in [-0.3, -0.25) is 4.79 Å². The maximum Gasteiger partial charge on any atom is 0.349 e. The molecular weight excluding hydrogens is 366 g/mol. The van der Waals surface area contributed by atoms with Crippen LogP contribution in [0, 0.1) is 5.92 Å². The fraction of sp³-hybridized carbons (Fsp3) is 0.400. The van der Waals surface area contributed by atoms with Crippen molar-refractivity contribution in [1.82, 2.24) is 0 Å². The predicted molar refractivity (Wildman–Crippen MR) is 102 cm³/mol. The summed E-state index contributed by atoms with van der Waals surface area (Å²) in [6, 6.07) is 7.05. The average molecular weight is 387 g/mol. The van der Waals surface area contributed by atoms with E-state index in [1.807, 2.05) is 6.07 Å². The SMILES string of the molecule is C[C@@H]1CCc2sc(C(=O)O[C@@H](C)C(=O)Nc3ccc4c(c3)OCO4)cc2C1. The van der Waals surface area contributed by atoms with E-state index < -0.39 is 18.0 Å². The summed E-state index contributed by atoms with van der Waals surface area (Å²) in [5.41, 5.74) is 1.80. The Labute approximate surface area is 161 Å². The first-order valence-electron chi connectivity index (χ1n) is 9.02. The van der Waals surface area contributed by atoms with Crippen molar-refractivity contribution in [3.63, 3.8) is 0 Å². The molecule has 142 valence electrons. The average Bonchev–Trinajstić information content (AvgIpc) is 3.27. The fourth-order valence-corrected chi connectivity index (χ4v) is 4.39. The van der Waals surface area contributed by atoms with Crippen molar-refractivity contribution in [1.29, 1.82) is 0 Å². The molecule has 0 radical (unpaired) electrons. The van der Waals surface area contributed by atoms with Crippen molar-refractivity contribution in [3.8, 4) is 11.5 Å². The number of ether oxygens (including phenoxy) is 3. The van der Waals surface area contributed by atoms with Gasteiger partial charge in [-0.25, -0.2) is 4.79 Å². The molecule has 0 saturated heterocycles. The number of aryl methyl sites for hydroxylation is 1. The van der Waals surface area contributed by atoms with Gasteiger partial charge in [-0.15, -0.1) is 11.3 Å². The lowest BCUT2D eigenvalue weighted by Crippen LogP contribution is -2.29. The third-order valence-electron chi connectivity index (χ3n) is 4.82. The summed E-state index contributed by atoms with van der Waals surface area (Å²) >= 11 is 1.48. The maximum atomic E-state index is 12.4. The molecule has 27 heavy (non-hydrogen) atoms. The minimum absolute atomic E-state index is 0.171. The molecule has 4 rings (SSSR count). The quantitative estimate of drug-likeness (QED) is 0.808. The van der Waals surface area contributed by atoms with Crippen molar-refractivity contribution in [2.75, 3.05) is 12.1 Å². The summed E-state index contributed by atoms with van der Waals surface area (Å²) in [4.78, 5) is 26.6. The van der Waals surface area contributed by atoms with Gasteiger partial charge >= 0.3 is 5.97 Å². The molecular formula is C20H21NO5S. The molecule has 2 aromatic rings. The van der Waals surface area contributed by atoms with Crippen LogP contribution in [-0.4, -0.2) is 24.8 Å². The Kier molecular flexibility index (Phi) is 4.78. The molecule has 6 nitrogen and oxygen atoms in total. The summed E-state index contributed by atoms with van der Waals surface area (Å²) in [6.07, 6.45) is 2.26. The molecule has 1 aliphatic carbocycles. The second-order valence-corrected chi connectivity index (χ2v) is 8.15. The number of nitrogens with one attached hydrogen (secondary N) is 1. The van der Waals surface area contributed by atoms with E-state index in [1.165, 1.54) is 21.8 Å². The zero-order chi connectivity index (χ0) is 19.0. The molecule has 2 heterocycles. The molecule has 0 saturated carbocycles. The van der Waals surface area contributed by atoms with Crippen LogP contribution in [0.5, 0.6) is 11.5 Å². The Balaban J connectivity index is 1.37. The molecule has 2 aliphatic rings. The van der Waals surface area contributed by atoms with Gasteiger partial charge in [0, 0.05) is 16.6 Å². The van der Waals surface area contributed by atoms with Crippen LogP contribution in [0.1, 0.15) is 40.4 Å². The summed E-state index contributed by atoms with van der Waals surface area (Å²) in [6.45, 7) is 3.96. The van der Waals surface area contributed by atoms with Gasteiger partial charge in [-0.05, 0) is 55.9 Å². The number of hydrogen-bond acceptors (Lipinski definition) is 6. The first-order valence-corrected chi connectivity index (χ1v) is 9.84. The van der Waals surface area contributed by atoms with Gasteiger partial charge in [0.1, 0.15) is 4.88 Å². The second kappa shape index (κ2) is 7.23. The van der Waals surface area contributed by atoms with Gasteiger partial charge in [0.05, 0.1) is 0 Å². The number of benzene rings is 1. The van der Waals surface area contributed by atoms with E-state index in [2.05, 4.69) is 12.2 Å². The van der Waals surface area contributed by atoms with Gasteiger partial charge in [0.2, 0.25) is 6.79 Å². The molecule has 7 heteroatoms. The van der Waals surface area contributed by atoms with Crippen LogP contribution in [0.4, 0.5) is 5.69 Å². The highest BCUT2D eigenvalue weighted by Gasteiger charge is 2.24. The lowest BCUT2D eigenvalue weighted by Gasteiger charge is -2.16.